The first-order chi connectivity index (χ1) is 10.2. The van der Waals surface area contributed by atoms with E-state index in [4.69, 9.17) is 10.00 Å². The van der Waals surface area contributed by atoms with E-state index in [0.29, 0.717) is 12.2 Å². The summed E-state index contributed by atoms with van der Waals surface area (Å²) in [4.78, 5) is 11.7. The fourth-order valence-electron chi connectivity index (χ4n) is 1.69. The van der Waals surface area contributed by atoms with Crippen LogP contribution in [0.5, 0.6) is 5.75 Å². The molecule has 2 aromatic carbocycles. The number of carbonyl (C=O) groups is 1. The Hall–Kier alpha value is -2.87. The molecule has 2 aromatic rings. The van der Waals surface area contributed by atoms with Crippen molar-refractivity contribution >= 4 is 11.6 Å². The Balaban J connectivity index is 1.87. The first-order valence-corrected chi connectivity index (χ1v) is 6.32. The van der Waals surface area contributed by atoms with Gasteiger partial charge in [0.05, 0.1) is 18.2 Å². The summed E-state index contributed by atoms with van der Waals surface area (Å²) in [6.07, 6.45) is 0.327. The molecule has 0 aliphatic heterocycles. The van der Waals surface area contributed by atoms with Crippen molar-refractivity contribution < 1.29 is 13.9 Å². The van der Waals surface area contributed by atoms with Crippen LogP contribution in [0, 0.1) is 17.1 Å². The van der Waals surface area contributed by atoms with E-state index in [1.807, 2.05) is 6.07 Å². The summed E-state index contributed by atoms with van der Waals surface area (Å²) in [5.41, 5.74) is 0.996. The van der Waals surface area contributed by atoms with Crippen molar-refractivity contribution in [1.29, 1.82) is 5.26 Å². The van der Waals surface area contributed by atoms with Crippen LogP contribution in [0.2, 0.25) is 0 Å². The highest BCUT2D eigenvalue weighted by molar-refractivity contribution is 5.91. The van der Waals surface area contributed by atoms with Crippen molar-refractivity contribution in [2.24, 2.45) is 0 Å². The summed E-state index contributed by atoms with van der Waals surface area (Å²) < 4.78 is 18.6. The zero-order valence-corrected chi connectivity index (χ0v) is 11.2. The zero-order chi connectivity index (χ0) is 15.1. The summed E-state index contributed by atoms with van der Waals surface area (Å²) in [7, 11) is 0. The van der Waals surface area contributed by atoms with Crippen molar-refractivity contribution in [2.75, 3.05) is 11.9 Å². The highest BCUT2D eigenvalue weighted by Crippen LogP contribution is 2.14. The first-order valence-electron chi connectivity index (χ1n) is 6.32. The van der Waals surface area contributed by atoms with Gasteiger partial charge in [0.15, 0.2) is 6.61 Å². The highest BCUT2D eigenvalue weighted by atomic mass is 19.1. The molecule has 0 atom stereocenters. The van der Waals surface area contributed by atoms with E-state index in [1.54, 1.807) is 36.4 Å². The Morgan fingerprint density at radius 2 is 1.90 bits per heavy atom. The molecule has 1 N–H and O–H groups in total. The number of amides is 1. The second kappa shape index (κ2) is 7.06. The van der Waals surface area contributed by atoms with Gasteiger partial charge in [-0.1, -0.05) is 24.3 Å². The van der Waals surface area contributed by atoms with Gasteiger partial charge in [0.25, 0.3) is 5.91 Å². The Morgan fingerprint density at radius 3 is 2.57 bits per heavy atom. The molecule has 0 aliphatic rings. The van der Waals surface area contributed by atoms with Crippen molar-refractivity contribution in [2.45, 2.75) is 6.42 Å². The summed E-state index contributed by atoms with van der Waals surface area (Å²) in [5.74, 6) is -0.423. The lowest BCUT2D eigenvalue weighted by atomic mass is 10.2. The van der Waals surface area contributed by atoms with Crippen LogP contribution in [0.1, 0.15) is 5.56 Å². The summed E-state index contributed by atoms with van der Waals surface area (Å²) in [5, 5.41) is 11.0. The van der Waals surface area contributed by atoms with Gasteiger partial charge in [-0.2, -0.15) is 5.26 Å². The Morgan fingerprint density at radius 1 is 1.19 bits per heavy atom. The van der Waals surface area contributed by atoms with E-state index < -0.39 is 11.7 Å². The Bertz CT molecular complexity index is 663. The van der Waals surface area contributed by atoms with Crippen molar-refractivity contribution in [3.05, 3.63) is 59.9 Å². The molecular formula is C16H13FN2O2. The van der Waals surface area contributed by atoms with Gasteiger partial charge in [0.2, 0.25) is 0 Å². The minimum Gasteiger partial charge on any atom is -0.484 e. The molecule has 0 fully saturated rings. The van der Waals surface area contributed by atoms with Crippen LogP contribution in [0.3, 0.4) is 0 Å². The molecule has 0 saturated heterocycles. The van der Waals surface area contributed by atoms with Crippen LogP contribution in [0.4, 0.5) is 10.1 Å². The number of anilines is 1. The van der Waals surface area contributed by atoms with Gasteiger partial charge in [0.1, 0.15) is 11.6 Å². The number of para-hydroxylation sites is 1. The average Bonchev–Trinajstić information content (AvgIpc) is 2.49. The molecule has 0 spiro atoms. The number of nitrogens with zero attached hydrogens (tertiary/aromatic N) is 1. The van der Waals surface area contributed by atoms with Crippen LogP contribution >= 0.6 is 0 Å². The average molecular weight is 284 g/mol. The smallest absolute Gasteiger partial charge is 0.262 e. The van der Waals surface area contributed by atoms with Gasteiger partial charge in [-0.25, -0.2) is 4.39 Å². The van der Waals surface area contributed by atoms with Crippen LogP contribution in [0.15, 0.2) is 48.5 Å². The summed E-state index contributed by atoms with van der Waals surface area (Å²) in [6, 6.07) is 14.9. The number of rotatable bonds is 5. The molecule has 106 valence electrons. The number of halogens is 1. The van der Waals surface area contributed by atoms with Crippen LogP contribution in [-0.4, -0.2) is 12.5 Å². The van der Waals surface area contributed by atoms with Gasteiger partial charge in [-0.3, -0.25) is 4.79 Å². The SMILES string of the molecule is N#CCc1ccc(OCC(=O)Nc2ccccc2F)cc1. The van der Waals surface area contributed by atoms with Crippen molar-refractivity contribution in [3.63, 3.8) is 0 Å². The number of nitrogens with one attached hydrogen (secondary N) is 1. The van der Waals surface area contributed by atoms with Crippen LogP contribution < -0.4 is 10.1 Å². The standard InChI is InChI=1S/C16H13FN2O2/c17-14-3-1-2-4-15(14)19-16(20)11-21-13-7-5-12(6-8-13)9-10-18/h1-8H,9,11H2,(H,19,20). The molecule has 0 aromatic heterocycles. The van der Waals surface area contributed by atoms with Gasteiger partial charge < -0.3 is 10.1 Å². The van der Waals surface area contributed by atoms with Crippen LogP contribution in [0.25, 0.3) is 0 Å². The minimum atomic E-state index is -0.494. The van der Waals surface area contributed by atoms with Crippen molar-refractivity contribution in [3.8, 4) is 11.8 Å². The van der Waals surface area contributed by atoms with E-state index in [9.17, 15) is 9.18 Å². The quantitative estimate of drug-likeness (QED) is 0.918. The predicted molar refractivity (Wildman–Crippen MR) is 76.3 cm³/mol. The second-order valence-corrected chi connectivity index (χ2v) is 4.30. The van der Waals surface area contributed by atoms with E-state index in [2.05, 4.69) is 5.32 Å². The highest BCUT2D eigenvalue weighted by Gasteiger charge is 2.07. The third kappa shape index (κ3) is 4.32. The lowest BCUT2D eigenvalue weighted by molar-refractivity contribution is -0.118. The molecule has 0 radical (unpaired) electrons. The maximum Gasteiger partial charge on any atom is 0.262 e. The number of nitriles is 1. The van der Waals surface area contributed by atoms with Crippen molar-refractivity contribution in [1.82, 2.24) is 0 Å². The minimum absolute atomic E-state index is 0.121. The predicted octanol–water partition coefficient (Wildman–Crippen LogP) is 2.91. The molecule has 0 bridgehead atoms. The number of benzene rings is 2. The van der Waals surface area contributed by atoms with Crippen LogP contribution in [-0.2, 0) is 11.2 Å². The van der Waals surface area contributed by atoms with E-state index in [-0.39, 0.29) is 12.3 Å². The number of ether oxygens (including phenoxy) is 1. The topological polar surface area (TPSA) is 62.1 Å². The second-order valence-electron chi connectivity index (χ2n) is 4.30. The largest absolute Gasteiger partial charge is 0.484 e. The molecule has 0 aliphatic carbocycles. The summed E-state index contributed by atoms with van der Waals surface area (Å²) in [6.45, 7) is -0.216. The van der Waals surface area contributed by atoms with Gasteiger partial charge >= 0.3 is 0 Å². The summed E-state index contributed by atoms with van der Waals surface area (Å²) >= 11 is 0. The molecule has 1 amide bonds. The maximum atomic E-state index is 13.3. The molecule has 0 saturated carbocycles. The molecule has 21 heavy (non-hydrogen) atoms. The molecule has 0 heterocycles. The number of carbonyl (C=O) groups excluding carboxylic acids is 1. The maximum absolute atomic E-state index is 13.3. The fourth-order valence-corrected chi connectivity index (χ4v) is 1.69. The van der Waals surface area contributed by atoms with Gasteiger partial charge in [0, 0.05) is 0 Å². The Labute approximate surface area is 121 Å². The normalized spacial score (nSPS) is 9.71. The first kappa shape index (κ1) is 14.5. The molecule has 0 unspecified atom stereocenters. The Kier molecular flexibility index (Phi) is 4.89. The van der Waals surface area contributed by atoms with Gasteiger partial charge in [-0.15, -0.1) is 0 Å². The monoisotopic (exact) mass is 284 g/mol. The molecule has 5 heteroatoms. The van der Waals surface area contributed by atoms with E-state index in [1.165, 1.54) is 12.1 Å². The van der Waals surface area contributed by atoms with Gasteiger partial charge in [-0.05, 0) is 29.8 Å². The molecule has 4 nitrogen and oxygen atoms in total. The number of hydrogen-bond acceptors (Lipinski definition) is 3. The molecular weight excluding hydrogens is 271 g/mol. The lowest BCUT2D eigenvalue weighted by Crippen LogP contribution is -2.20. The fraction of sp³-hybridized carbons (Fsp3) is 0.125. The lowest BCUT2D eigenvalue weighted by Gasteiger charge is -2.08. The zero-order valence-electron chi connectivity index (χ0n) is 11.2. The number of hydrogen-bond donors (Lipinski definition) is 1. The third-order valence-corrected chi connectivity index (χ3v) is 2.72. The van der Waals surface area contributed by atoms with E-state index >= 15 is 0 Å². The van der Waals surface area contributed by atoms with E-state index in [0.717, 1.165) is 5.56 Å². The molecule has 2 rings (SSSR count). The third-order valence-electron chi connectivity index (χ3n) is 2.72.